The molecule has 4 nitrogen and oxygen atoms in total. The maximum atomic E-state index is 13.0. The van der Waals surface area contributed by atoms with E-state index in [2.05, 4.69) is 5.32 Å². The number of benzene rings is 1. The Morgan fingerprint density at radius 3 is 3.00 bits per heavy atom. The molecule has 1 aliphatic rings. The van der Waals surface area contributed by atoms with Crippen LogP contribution >= 0.6 is 0 Å². The van der Waals surface area contributed by atoms with Crippen molar-refractivity contribution in [1.82, 2.24) is 5.32 Å². The molecule has 2 rings (SSSR count). The molecule has 19 heavy (non-hydrogen) atoms. The predicted octanol–water partition coefficient (Wildman–Crippen LogP) is 2.10. The van der Waals surface area contributed by atoms with Gasteiger partial charge in [-0.15, -0.1) is 0 Å². The Morgan fingerprint density at radius 1 is 1.47 bits per heavy atom. The van der Waals surface area contributed by atoms with Gasteiger partial charge >= 0.3 is 0 Å². The van der Waals surface area contributed by atoms with Crippen LogP contribution in [0.15, 0.2) is 18.2 Å². The zero-order chi connectivity index (χ0) is 13.7. The molecule has 5 heteroatoms. The molecule has 1 aliphatic heterocycles. The Balaban J connectivity index is 1.78. The van der Waals surface area contributed by atoms with Gasteiger partial charge in [0.05, 0.1) is 11.8 Å². The number of anilines is 1. The monoisotopic (exact) mass is 266 g/mol. The molecule has 0 radical (unpaired) electrons. The zero-order valence-electron chi connectivity index (χ0n) is 10.8. The molecule has 1 fully saturated rings. The summed E-state index contributed by atoms with van der Waals surface area (Å²) >= 11 is 0. The number of hydrogen-bond acceptors (Lipinski definition) is 3. The van der Waals surface area contributed by atoms with Crippen LogP contribution in [-0.4, -0.2) is 25.2 Å². The number of halogens is 1. The number of carbonyl (C=O) groups excluding carboxylic acids is 1. The van der Waals surface area contributed by atoms with E-state index in [-0.39, 0.29) is 17.7 Å². The summed E-state index contributed by atoms with van der Waals surface area (Å²) in [5, 5.41) is 2.80. The van der Waals surface area contributed by atoms with Gasteiger partial charge in [-0.25, -0.2) is 4.39 Å². The maximum Gasteiger partial charge on any atom is 0.251 e. The van der Waals surface area contributed by atoms with E-state index in [4.69, 9.17) is 10.5 Å². The summed E-state index contributed by atoms with van der Waals surface area (Å²) in [6, 6.07) is 3.98. The van der Waals surface area contributed by atoms with E-state index in [0.29, 0.717) is 12.1 Å². The minimum Gasteiger partial charge on any atom is -0.396 e. The van der Waals surface area contributed by atoms with Crippen LogP contribution in [-0.2, 0) is 4.74 Å². The third-order valence-electron chi connectivity index (χ3n) is 3.28. The highest BCUT2D eigenvalue weighted by atomic mass is 19.1. The van der Waals surface area contributed by atoms with E-state index in [0.717, 1.165) is 25.9 Å². The molecule has 104 valence electrons. The fourth-order valence-electron chi connectivity index (χ4n) is 2.17. The number of nitrogens with one attached hydrogen (secondary N) is 1. The van der Waals surface area contributed by atoms with Crippen LogP contribution in [0, 0.1) is 5.82 Å². The Hall–Kier alpha value is -1.62. The summed E-state index contributed by atoms with van der Waals surface area (Å²) in [6.07, 6.45) is 4.42. The van der Waals surface area contributed by atoms with Crippen LogP contribution in [0.25, 0.3) is 0 Å². The van der Waals surface area contributed by atoms with Gasteiger partial charge in [-0.3, -0.25) is 4.79 Å². The molecule has 1 atom stereocenters. The van der Waals surface area contributed by atoms with E-state index in [1.807, 2.05) is 0 Å². The molecule has 0 spiro atoms. The van der Waals surface area contributed by atoms with Crippen molar-refractivity contribution in [1.29, 1.82) is 0 Å². The topological polar surface area (TPSA) is 64.4 Å². The van der Waals surface area contributed by atoms with Crippen molar-refractivity contribution < 1.29 is 13.9 Å². The van der Waals surface area contributed by atoms with E-state index < -0.39 is 5.82 Å². The molecule has 1 heterocycles. The van der Waals surface area contributed by atoms with Crippen molar-refractivity contribution >= 4 is 11.6 Å². The summed E-state index contributed by atoms with van der Waals surface area (Å²) in [7, 11) is 0. The van der Waals surface area contributed by atoms with Crippen molar-refractivity contribution in [2.24, 2.45) is 0 Å². The minimum absolute atomic E-state index is 0.0109. The van der Waals surface area contributed by atoms with Gasteiger partial charge in [0, 0.05) is 18.7 Å². The molecule has 1 aromatic carbocycles. The first-order valence-corrected chi connectivity index (χ1v) is 6.61. The lowest BCUT2D eigenvalue weighted by Crippen LogP contribution is -2.29. The second kappa shape index (κ2) is 6.52. The third-order valence-corrected chi connectivity index (χ3v) is 3.28. The highest BCUT2D eigenvalue weighted by Crippen LogP contribution is 2.15. The third kappa shape index (κ3) is 3.92. The fraction of sp³-hybridized carbons (Fsp3) is 0.500. The lowest BCUT2D eigenvalue weighted by atomic mass is 10.1. The smallest absolute Gasteiger partial charge is 0.251 e. The van der Waals surface area contributed by atoms with E-state index >= 15 is 0 Å². The first kappa shape index (κ1) is 13.8. The van der Waals surface area contributed by atoms with Crippen molar-refractivity contribution in [3.05, 3.63) is 29.6 Å². The van der Waals surface area contributed by atoms with Crippen LogP contribution in [0.5, 0.6) is 0 Å². The van der Waals surface area contributed by atoms with Gasteiger partial charge < -0.3 is 15.8 Å². The van der Waals surface area contributed by atoms with E-state index in [1.165, 1.54) is 24.6 Å². The normalized spacial score (nSPS) is 19.1. The second-order valence-corrected chi connectivity index (χ2v) is 4.77. The van der Waals surface area contributed by atoms with Crippen molar-refractivity contribution in [3.8, 4) is 0 Å². The van der Waals surface area contributed by atoms with Crippen LogP contribution in [0.4, 0.5) is 10.1 Å². The summed E-state index contributed by atoms with van der Waals surface area (Å²) in [4.78, 5) is 11.8. The molecule has 0 aromatic heterocycles. The maximum absolute atomic E-state index is 13.0. The summed E-state index contributed by atoms with van der Waals surface area (Å²) in [5.41, 5.74) is 5.80. The molecule has 1 saturated heterocycles. The zero-order valence-corrected chi connectivity index (χ0v) is 10.8. The second-order valence-electron chi connectivity index (χ2n) is 4.77. The lowest BCUT2D eigenvalue weighted by Gasteiger charge is -2.22. The van der Waals surface area contributed by atoms with Crippen LogP contribution in [0.1, 0.15) is 36.0 Å². The largest absolute Gasteiger partial charge is 0.396 e. The van der Waals surface area contributed by atoms with Gasteiger partial charge in [0.1, 0.15) is 5.82 Å². The SMILES string of the molecule is Nc1cc(C(=O)NCCC2CCCCO2)ccc1F. The summed E-state index contributed by atoms with van der Waals surface area (Å²) in [5.74, 6) is -0.741. The quantitative estimate of drug-likeness (QED) is 0.820. The van der Waals surface area contributed by atoms with Gasteiger partial charge in [-0.05, 0) is 43.9 Å². The molecule has 0 aliphatic carbocycles. The highest BCUT2D eigenvalue weighted by Gasteiger charge is 2.14. The summed E-state index contributed by atoms with van der Waals surface area (Å²) < 4.78 is 18.6. The van der Waals surface area contributed by atoms with Gasteiger partial charge in [-0.1, -0.05) is 0 Å². The highest BCUT2D eigenvalue weighted by molar-refractivity contribution is 5.94. The van der Waals surface area contributed by atoms with Gasteiger partial charge in [0.15, 0.2) is 0 Å². The average Bonchev–Trinajstić information content (AvgIpc) is 2.43. The first-order valence-electron chi connectivity index (χ1n) is 6.61. The molecule has 1 unspecified atom stereocenters. The van der Waals surface area contributed by atoms with Crippen molar-refractivity contribution in [2.45, 2.75) is 31.8 Å². The molecule has 1 amide bonds. The Kier molecular flexibility index (Phi) is 4.74. The standard InChI is InChI=1S/C14H19FN2O2/c15-12-5-4-10(9-13(12)16)14(18)17-7-6-11-3-1-2-8-19-11/h4-5,9,11H,1-3,6-8,16H2,(H,17,18). The number of ether oxygens (including phenoxy) is 1. The van der Waals surface area contributed by atoms with Crippen LogP contribution in [0.2, 0.25) is 0 Å². The van der Waals surface area contributed by atoms with Crippen LogP contribution in [0.3, 0.4) is 0 Å². The lowest BCUT2D eigenvalue weighted by molar-refractivity contribution is 0.0117. The number of carbonyl (C=O) groups is 1. The average molecular weight is 266 g/mol. The van der Waals surface area contributed by atoms with E-state index in [1.54, 1.807) is 0 Å². The van der Waals surface area contributed by atoms with Crippen LogP contribution < -0.4 is 11.1 Å². The van der Waals surface area contributed by atoms with E-state index in [9.17, 15) is 9.18 Å². The van der Waals surface area contributed by atoms with Gasteiger partial charge in [-0.2, -0.15) is 0 Å². The molecular formula is C14H19FN2O2. The first-order chi connectivity index (χ1) is 9.16. The number of hydrogen-bond donors (Lipinski definition) is 2. The Bertz CT molecular complexity index is 445. The Morgan fingerprint density at radius 2 is 2.32 bits per heavy atom. The number of rotatable bonds is 4. The molecule has 1 aromatic rings. The van der Waals surface area contributed by atoms with Crippen molar-refractivity contribution in [2.75, 3.05) is 18.9 Å². The fourth-order valence-corrected chi connectivity index (χ4v) is 2.17. The number of amides is 1. The Labute approximate surface area is 112 Å². The number of nitrogen functional groups attached to an aromatic ring is 1. The predicted molar refractivity (Wildman–Crippen MR) is 71.4 cm³/mol. The molecule has 0 saturated carbocycles. The number of nitrogens with two attached hydrogens (primary N) is 1. The molecule has 3 N–H and O–H groups in total. The van der Waals surface area contributed by atoms with Gasteiger partial charge in [0.2, 0.25) is 0 Å². The summed E-state index contributed by atoms with van der Waals surface area (Å²) in [6.45, 7) is 1.37. The molecule has 0 bridgehead atoms. The van der Waals surface area contributed by atoms with Crippen molar-refractivity contribution in [3.63, 3.8) is 0 Å². The van der Waals surface area contributed by atoms with Gasteiger partial charge in [0.25, 0.3) is 5.91 Å². The molecular weight excluding hydrogens is 247 g/mol. The minimum atomic E-state index is -0.507.